The smallest absolute Gasteiger partial charge is 0.227 e. The first-order valence-corrected chi connectivity index (χ1v) is 10.7. The Kier molecular flexibility index (Phi) is 6.38. The van der Waals surface area contributed by atoms with E-state index in [1.807, 2.05) is 0 Å². The number of aromatic nitrogens is 2. The van der Waals surface area contributed by atoms with Crippen molar-refractivity contribution in [2.24, 2.45) is 0 Å². The van der Waals surface area contributed by atoms with Gasteiger partial charge in [0.15, 0.2) is 15.7 Å². The monoisotopic (exact) mass is 485 g/mol. The molecule has 0 unspecified atom stereocenters. The zero-order valence-electron chi connectivity index (χ0n) is 14.7. The minimum absolute atomic E-state index is 0.0369. The number of amides is 1. The van der Waals surface area contributed by atoms with Gasteiger partial charge in [-0.2, -0.15) is 4.98 Å². The van der Waals surface area contributed by atoms with Crippen LogP contribution in [0.25, 0.3) is 0 Å². The van der Waals surface area contributed by atoms with E-state index in [0.29, 0.717) is 4.47 Å². The van der Waals surface area contributed by atoms with Gasteiger partial charge < -0.3 is 9.84 Å². The summed E-state index contributed by atoms with van der Waals surface area (Å²) in [6.45, 7) is 0. The standard InChI is InChI=1S/C18H14BrF2N3O4S/c19-11-1-6-15(14(21)9-11)22-17(25)7-8-18-23-16(24-28-18)10-29(26,27)13-4-2-12(20)3-5-13/h1-6,9H,7-8,10H2,(H,22,25). The van der Waals surface area contributed by atoms with E-state index in [1.165, 1.54) is 12.1 Å². The minimum atomic E-state index is -3.77. The molecule has 1 heterocycles. The number of sulfone groups is 1. The third-order valence-electron chi connectivity index (χ3n) is 3.77. The van der Waals surface area contributed by atoms with E-state index in [9.17, 15) is 22.0 Å². The van der Waals surface area contributed by atoms with Gasteiger partial charge >= 0.3 is 0 Å². The highest BCUT2D eigenvalue weighted by molar-refractivity contribution is 9.10. The lowest BCUT2D eigenvalue weighted by atomic mass is 10.2. The van der Waals surface area contributed by atoms with Crippen LogP contribution in [0.5, 0.6) is 0 Å². The Bertz CT molecular complexity index is 1130. The molecular weight excluding hydrogens is 472 g/mol. The van der Waals surface area contributed by atoms with E-state index in [1.54, 1.807) is 6.07 Å². The Hall–Kier alpha value is -2.66. The molecule has 0 aliphatic carbocycles. The van der Waals surface area contributed by atoms with Crippen molar-refractivity contribution < 1.29 is 26.5 Å². The van der Waals surface area contributed by atoms with E-state index in [0.717, 1.165) is 24.3 Å². The number of carbonyl (C=O) groups is 1. The molecule has 1 N–H and O–H groups in total. The molecule has 0 aliphatic rings. The number of rotatable bonds is 7. The molecule has 0 saturated carbocycles. The number of hydrogen-bond acceptors (Lipinski definition) is 6. The summed E-state index contributed by atoms with van der Waals surface area (Å²) in [5.41, 5.74) is 0.0369. The second-order valence-electron chi connectivity index (χ2n) is 5.99. The molecule has 0 fully saturated rings. The van der Waals surface area contributed by atoms with Crippen LogP contribution in [0.4, 0.5) is 14.5 Å². The fourth-order valence-corrected chi connectivity index (χ4v) is 3.88. The first-order valence-electron chi connectivity index (χ1n) is 8.27. The largest absolute Gasteiger partial charge is 0.339 e. The van der Waals surface area contributed by atoms with Crippen LogP contribution in [0.3, 0.4) is 0 Å². The van der Waals surface area contributed by atoms with Gasteiger partial charge in [-0.15, -0.1) is 0 Å². The van der Waals surface area contributed by atoms with Gasteiger partial charge in [0.2, 0.25) is 11.8 Å². The molecule has 3 rings (SSSR count). The predicted molar refractivity (Wildman–Crippen MR) is 103 cm³/mol. The number of nitrogens with one attached hydrogen (secondary N) is 1. The quantitative estimate of drug-likeness (QED) is 0.512. The summed E-state index contributed by atoms with van der Waals surface area (Å²) in [4.78, 5) is 15.9. The molecule has 0 atom stereocenters. The Labute approximate surface area is 173 Å². The highest BCUT2D eigenvalue weighted by Gasteiger charge is 2.20. The van der Waals surface area contributed by atoms with Gasteiger partial charge in [0.25, 0.3) is 0 Å². The van der Waals surface area contributed by atoms with Crippen molar-refractivity contribution in [2.75, 3.05) is 5.32 Å². The van der Waals surface area contributed by atoms with Crippen LogP contribution >= 0.6 is 15.9 Å². The zero-order chi connectivity index (χ0) is 21.0. The summed E-state index contributed by atoms with van der Waals surface area (Å²) in [6, 6.07) is 8.62. The number of anilines is 1. The highest BCUT2D eigenvalue weighted by Crippen LogP contribution is 2.20. The summed E-state index contributed by atoms with van der Waals surface area (Å²) >= 11 is 3.13. The van der Waals surface area contributed by atoms with Gasteiger partial charge in [0.1, 0.15) is 17.4 Å². The van der Waals surface area contributed by atoms with Gasteiger partial charge in [-0.3, -0.25) is 4.79 Å². The van der Waals surface area contributed by atoms with Crippen LogP contribution in [0.15, 0.2) is 56.4 Å². The maximum absolute atomic E-state index is 13.7. The summed E-state index contributed by atoms with van der Waals surface area (Å²) in [5.74, 6) is -2.14. The highest BCUT2D eigenvalue weighted by atomic mass is 79.9. The van der Waals surface area contributed by atoms with Crippen LogP contribution in [0.2, 0.25) is 0 Å². The molecule has 0 spiro atoms. The van der Waals surface area contributed by atoms with E-state index >= 15 is 0 Å². The summed E-state index contributed by atoms with van der Waals surface area (Å²) in [5, 5.41) is 6.02. The molecule has 0 radical (unpaired) electrons. The Balaban J connectivity index is 1.57. The molecule has 1 amide bonds. The van der Waals surface area contributed by atoms with Crippen molar-refractivity contribution in [1.82, 2.24) is 10.1 Å². The second-order valence-corrected chi connectivity index (χ2v) is 8.89. The van der Waals surface area contributed by atoms with Crippen LogP contribution in [0, 0.1) is 11.6 Å². The normalized spacial score (nSPS) is 11.4. The van der Waals surface area contributed by atoms with E-state index in [4.69, 9.17) is 4.52 Å². The second kappa shape index (κ2) is 8.78. The molecule has 7 nitrogen and oxygen atoms in total. The van der Waals surface area contributed by atoms with Crippen molar-refractivity contribution in [3.05, 3.63) is 70.3 Å². The lowest BCUT2D eigenvalue weighted by molar-refractivity contribution is -0.116. The van der Waals surface area contributed by atoms with Crippen molar-refractivity contribution in [1.29, 1.82) is 0 Å². The van der Waals surface area contributed by atoms with Crippen LogP contribution in [-0.4, -0.2) is 24.5 Å². The maximum atomic E-state index is 13.7. The maximum Gasteiger partial charge on any atom is 0.227 e. The zero-order valence-corrected chi connectivity index (χ0v) is 17.1. The van der Waals surface area contributed by atoms with Crippen molar-refractivity contribution in [2.45, 2.75) is 23.5 Å². The van der Waals surface area contributed by atoms with Crippen molar-refractivity contribution >= 4 is 37.4 Å². The van der Waals surface area contributed by atoms with Gasteiger partial charge in [-0.05, 0) is 42.5 Å². The van der Waals surface area contributed by atoms with Crippen molar-refractivity contribution in [3.8, 4) is 0 Å². The Morgan fingerprint density at radius 2 is 1.86 bits per heavy atom. The predicted octanol–water partition coefficient (Wildman–Crippen LogP) is 3.66. The van der Waals surface area contributed by atoms with E-state index in [2.05, 4.69) is 31.4 Å². The van der Waals surface area contributed by atoms with E-state index in [-0.39, 0.29) is 35.1 Å². The molecular formula is C18H14BrF2N3O4S. The van der Waals surface area contributed by atoms with Crippen LogP contribution < -0.4 is 5.32 Å². The number of hydrogen-bond donors (Lipinski definition) is 1. The fourth-order valence-electron chi connectivity index (χ4n) is 2.37. The van der Waals surface area contributed by atoms with Crippen molar-refractivity contribution in [3.63, 3.8) is 0 Å². The topological polar surface area (TPSA) is 102 Å². The first-order chi connectivity index (χ1) is 13.7. The molecule has 0 bridgehead atoms. The molecule has 0 saturated heterocycles. The Morgan fingerprint density at radius 3 is 2.55 bits per heavy atom. The molecule has 11 heteroatoms. The fraction of sp³-hybridized carbons (Fsp3) is 0.167. The number of carbonyl (C=O) groups excluding carboxylic acids is 1. The van der Waals surface area contributed by atoms with Crippen LogP contribution in [0.1, 0.15) is 18.1 Å². The molecule has 152 valence electrons. The average Bonchev–Trinajstić information content (AvgIpc) is 3.09. The van der Waals surface area contributed by atoms with E-state index < -0.39 is 33.1 Å². The molecule has 3 aromatic rings. The van der Waals surface area contributed by atoms with Crippen LogP contribution in [-0.2, 0) is 26.8 Å². The summed E-state index contributed by atoms with van der Waals surface area (Å²) < 4.78 is 56.8. The lowest BCUT2D eigenvalue weighted by Crippen LogP contribution is -2.13. The number of benzene rings is 2. The minimum Gasteiger partial charge on any atom is -0.339 e. The molecule has 2 aromatic carbocycles. The van der Waals surface area contributed by atoms with Gasteiger partial charge in [0, 0.05) is 17.3 Å². The number of aryl methyl sites for hydroxylation is 1. The average molecular weight is 486 g/mol. The molecule has 1 aromatic heterocycles. The van der Waals surface area contributed by atoms with Gasteiger partial charge in [-0.25, -0.2) is 17.2 Å². The van der Waals surface area contributed by atoms with Gasteiger partial charge in [-0.1, -0.05) is 21.1 Å². The third kappa shape index (κ3) is 5.67. The summed E-state index contributed by atoms with van der Waals surface area (Å²) in [7, 11) is -3.77. The lowest BCUT2D eigenvalue weighted by Gasteiger charge is -2.05. The molecule has 0 aliphatic heterocycles. The number of nitrogens with zero attached hydrogens (tertiary/aromatic N) is 2. The molecule has 29 heavy (non-hydrogen) atoms. The number of halogens is 3. The SMILES string of the molecule is O=C(CCc1nc(CS(=O)(=O)c2ccc(F)cc2)no1)Nc1ccc(Br)cc1F. The Morgan fingerprint density at radius 1 is 1.14 bits per heavy atom. The third-order valence-corrected chi connectivity index (χ3v) is 5.90. The van der Waals surface area contributed by atoms with Gasteiger partial charge in [0.05, 0.1) is 10.6 Å². The first kappa shape index (κ1) is 21.1. The summed E-state index contributed by atoms with van der Waals surface area (Å²) in [6.07, 6.45) is -0.0184.